The van der Waals surface area contributed by atoms with E-state index in [0.29, 0.717) is 10.9 Å². The second-order valence-electron chi connectivity index (χ2n) is 3.59. The molecule has 0 aliphatic carbocycles. The highest BCUT2D eigenvalue weighted by atomic mass is 35.5. The van der Waals surface area contributed by atoms with Crippen molar-refractivity contribution in [2.24, 2.45) is 0 Å². The van der Waals surface area contributed by atoms with Gasteiger partial charge in [-0.1, -0.05) is 37.6 Å². The zero-order valence-corrected chi connectivity index (χ0v) is 10.1. The molecule has 0 unspecified atom stereocenters. The van der Waals surface area contributed by atoms with Gasteiger partial charge in [-0.25, -0.2) is 4.98 Å². The number of hydrogen-bond donors (Lipinski definition) is 0. The smallest absolute Gasteiger partial charge is 0.174 e. The second kappa shape index (κ2) is 4.29. The first-order chi connectivity index (χ1) is 7.18. The van der Waals surface area contributed by atoms with Crippen molar-refractivity contribution in [2.45, 2.75) is 19.8 Å². The van der Waals surface area contributed by atoms with E-state index in [-0.39, 0.29) is 0 Å². The number of halogens is 1. The number of aromatic nitrogens is 2. The predicted octanol–water partition coefficient (Wildman–Crippen LogP) is 3.98. The van der Waals surface area contributed by atoms with E-state index in [0.717, 1.165) is 16.4 Å². The lowest BCUT2D eigenvalue weighted by molar-refractivity contribution is 0.853. The first kappa shape index (κ1) is 10.6. The maximum atomic E-state index is 6.07. The average Bonchev–Trinajstić information content (AvgIpc) is 2.67. The molecule has 0 aliphatic rings. The van der Waals surface area contributed by atoms with Crippen LogP contribution in [0.1, 0.15) is 24.8 Å². The Balaban J connectivity index is 2.42. The molecule has 1 aromatic heterocycles. The molecular formula is C11H11ClN2S. The van der Waals surface area contributed by atoms with Gasteiger partial charge in [0.15, 0.2) is 5.82 Å². The van der Waals surface area contributed by atoms with E-state index < -0.39 is 0 Å². The van der Waals surface area contributed by atoms with Crippen LogP contribution in [0.3, 0.4) is 0 Å². The summed E-state index contributed by atoms with van der Waals surface area (Å²) in [6, 6.07) is 7.64. The maximum Gasteiger partial charge on any atom is 0.174 e. The Kier molecular flexibility index (Phi) is 3.03. The molecule has 0 aliphatic heterocycles. The van der Waals surface area contributed by atoms with E-state index in [2.05, 4.69) is 23.2 Å². The Morgan fingerprint density at radius 3 is 2.60 bits per heavy atom. The fraction of sp³-hybridized carbons (Fsp3) is 0.273. The molecule has 0 saturated carbocycles. The molecule has 1 aromatic carbocycles. The van der Waals surface area contributed by atoms with Gasteiger partial charge in [-0.2, -0.15) is 4.37 Å². The zero-order valence-electron chi connectivity index (χ0n) is 8.57. The van der Waals surface area contributed by atoms with Gasteiger partial charge in [0.05, 0.1) is 5.02 Å². The third kappa shape index (κ3) is 2.19. The van der Waals surface area contributed by atoms with Crippen molar-refractivity contribution >= 4 is 23.1 Å². The molecule has 0 N–H and O–H groups in total. The Morgan fingerprint density at radius 1 is 1.27 bits per heavy atom. The van der Waals surface area contributed by atoms with Crippen LogP contribution in [0.25, 0.3) is 11.4 Å². The molecule has 78 valence electrons. The zero-order chi connectivity index (χ0) is 10.8. The molecule has 15 heavy (non-hydrogen) atoms. The summed E-state index contributed by atoms with van der Waals surface area (Å²) in [5.41, 5.74) is 0.905. The van der Waals surface area contributed by atoms with E-state index in [1.54, 1.807) is 0 Å². The lowest BCUT2D eigenvalue weighted by Gasteiger charge is -1.98. The van der Waals surface area contributed by atoms with Crippen LogP contribution in [0.15, 0.2) is 24.3 Å². The van der Waals surface area contributed by atoms with E-state index in [9.17, 15) is 0 Å². The fourth-order valence-corrected chi connectivity index (χ4v) is 2.10. The highest BCUT2D eigenvalue weighted by molar-refractivity contribution is 7.05. The average molecular weight is 239 g/mol. The summed E-state index contributed by atoms with van der Waals surface area (Å²) in [7, 11) is 0. The van der Waals surface area contributed by atoms with Gasteiger partial charge in [0.25, 0.3) is 0 Å². The minimum Gasteiger partial charge on any atom is -0.219 e. The van der Waals surface area contributed by atoms with Gasteiger partial charge in [0.1, 0.15) is 5.01 Å². The first-order valence-electron chi connectivity index (χ1n) is 4.77. The minimum atomic E-state index is 0.415. The van der Waals surface area contributed by atoms with Crippen molar-refractivity contribution in [3.8, 4) is 11.4 Å². The molecule has 2 rings (SSSR count). The van der Waals surface area contributed by atoms with Gasteiger partial charge in [0, 0.05) is 11.5 Å². The molecule has 0 radical (unpaired) electrons. The van der Waals surface area contributed by atoms with Crippen molar-refractivity contribution in [2.75, 3.05) is 0 Å². The van der Waals surface area contributed by atoms with Gasteiger partial charge < -0.3 is 0 Å². The maximum absolute atomic E-state index is 6.07. The van der Waals surface area contributed by atoms with Gasteiger partial charge in [0.2, 0.25) is 0 Å². The molecule has 0 bridgehead atoms. The monoisotopic (exact) mass is 238 g/mol. The molecule has 4 heteroatoms. The number of hydrogen-bond acceptors (Lipinski definition) is 3. The van der Waals surface area contributed by atoms with Crippen molar-refractivity contribution < 1.29 is 0 Å². The Labute approximate surface area is 98.1 Å². The van der Waals surface area contributed by atoms with Crippen LogP contribution in [-0.2, 0) is 0 Å². The van der Waals surface area contributed by atoms with Gasteiger partial charge in [-0.3, -0.25) is 0 Å². The van der Waals surface area contributed by atoms with Gasteiger partial charge >= 0.3 is 0 Å². The largest absolute Gasteiger partial charge is 0.219 e. The van der Waals surface area contributed by atoms with Crippen LogP contribution < -0.4 is 0 Å². The quantitative estimate of drug-likeness (QED) is 0.791. The molecular weight excluding hydrogens is 228 g/mol. The number of rotatable bonds is 2. The second-order valence-corrected chi connectivity index (χ2v) is 4.78. The Bertz CT molecular complexity index is 465. The summed E-state index contributed by atoms with van der Waals surface area (Å²) in [6.45, 7) is 4.22. The van der Waals surface area contributed by atoms with Crippen LogP contribution in [0.2, 0.25) is 5.02 Å². The molecule has 0 spiro atoms. The van der Waals surface area contributed by atoms with Crippen molar-refractivity contribution in [3.05, 3.63) is 34.3 Å². The summed E-state index contributed by atoms with van der Waals surface area (Å²) < 4.78 is 4.31. The number of benzene rings is 1. The predicted molar refractivity (Wildman–Crippen MR) is 64.4 cm³/mol. The highest BCUT2D eigenvalue weighted by Crippen LogP contribution is 2.27. The summed E-state index contributed by atoms with van der Waals surface area (Å²) in [6.07, 6.45) is 0. The van der Waals surface area contributed by atoms with Crippen LogP contribution in [0, 0.1) is 0 Å². The minimum absolute atomic E-state index is 0.415. The van der Waals surface area contributed by atoms with Crippen LogP contribution in [0.5, 0.6) is 0 Å². The third-order valence-electron chi connectivity index (χ3n) is 2.05. The summed E-state index contributed by atoms with van der Waals surface area (Å²) in [5.74, 6) is 1.15. The fourth-order valence-electron chi connectivity index (χ4n) is 1.22. The summed E-state index contributed by atoms with van der Waals surface area (Å²) in [4.78, 5) is 4.46. The van der Waals surface area contributed by atoms with E-state index in [1.807, 2.05) is 24.3 Å². The standard InChI is InChI=1S/C11H11ClN2S/c1-7(2)11-13-10(14-15-11)8-5-3-4-6-9(8)12/h3-7H,1-2H3. The lowest BCUT2D eigenvalue weighted by Crippen LogP contribution is -1.86. The summed E-state index contributed by atoms with van der Waals surface area (Å²) in [5, 5.41) is 1.75. The van der Waals surface area contributed by atoms with Crippen LogP contribution in [-0.4, -0.2) is 9.36 Å². The van der Waals surface area contributed by atoms with E-state index in [4.69, 9.17) is 11.6 Å². The Morgan fingerprint density at radius 2 is 2.00 bits per heavy atom. The van der Waals surface area contributed by atoms with Gasteiger partial charge in [-0.05, 0) is 23.7 Å². The SMILES string of the molecule is CC(C)c1nc(-c2ccccc2Cl)ns1. The molecule has 2 aromatic rings. The van der Waals surface area contributed by atoms with Crippen molar-refractivity contribution in [3.63, 3.8) is 0 Å². The molecule has 2 nitrogen and oxygen atoms in total. The van der Waals surface area contributed by atoms with Crippen molar-refractivity contribution in [1.29, 1.82) is 0 Å². The highest BCUT2D eigenvalue weighted by Gasteiger charge is 2.11. The van der Waals surface area contributed by atoms with Crippen LogP contribution >= 0.6 is 23.1 Å². The Hall–Kier alpha value is -0.930. The van der Waals surface area contributed by atoms with E-state index in [1.165, 1.54) is 11.5 Å². The summed E-state index contributed by atoms with van der Waals surface area (Å²) >= 11 is 7.51. The molecule has 0 fully saturated rings. The molecule has 0 atom stereocenters. The van der Waals surface area contributed by atoms with E-state index >= 15 is 0 Å². The first-order valence-corrected chi connectivity index (χ1v) is 5.92. The topological polar surface area (TPSA) is 25.8 Å². The molecule has 1 heterocycles. The molecule has 0 saturated heterocycles. The number of nitrogens with zero attached hydrogens (tertiary/aromatic N) is 2. The molecule has 0 amide bonds. The van der Waals surface area contributed by atoms with Crippen LogP contribution in [0.4, 0.5) is 0 Å². The van der Waals surface area contributed by atoms with Gasteiger partial charge in [-0.15, -0.1) is 0 Å². The van der Waals surface area contributed by atoms with Crippen molar-refractivity contribution in [1.82, 2.24) is 9.36 Å². The normalized spacial score (nSPS) is 10.9. The lowest BCUT2D eigenvalue weighted by atomic mass is 10.2. The third-order valence-corrected chi connectivity index (χ3v) is 3.39.